The van der Waals surface area contributed by atoms with Gasteiger partial charge >= 0.3 is 0 Å². The monoisotopic (exact) mass is 401 g/mol. The molecule has 0 spiro atoms. The third kappa shape index (κ3) is 5.51. The highest BCUT2D eigenvalue weighted by Gasteiger charge is 2.17. The summed E-state index contributed by atoms with van der Waals surface area (Å²) in [6.07, 6.45) is 1.88. The zero-order chi connectivity index (χ0) is 21.3. The van der Waals surface area contributed by atoms with E-state index in [1.54, 1.807) is 14.2 Å². The van der Waals surface area contributed by atoms with E-state index in [9.17, 15) is 4.79 Å². The fourth-order valence-electron chi connectivity index (χ4n) is 3.31. The fraction of sp³-hybridized carbons (Fsp3) is 0.192. The molecule has 0 aromatic heterocycles. The van der Waals surface area contributed by atoms with Crippen LogP contribution in [0.2, 0.25) is 0 Å². The van der Waals surface area contributed by atoms with E-state index >= 15 is 0 Å². The predicted octanol–water partition coefficient (Wildman–Crippen LogP) is 5.34. The summed E-state index contributed by atoms with van der Waals surface area (Å²) in [6.45, 7) is 2.94. The highest BCUT2D eigenvalue weighted by Crippen LogP contribution is 2.28. The lowest BCUT2D eigenvalue weighted by Gasteiger charge is -2.23. The molecule has 0 radical (unpaired) electrons. The van der Waals surface area contributed by atoms with Gasteiger partial charge in [0.15, 0.2) is 11.5 Å². The molecule has 0 fully saturated rings. The Morgan fingerprint density at radius 2 is 1.33 bits per heavy atom. The number of methoxy groups -OCH3 is 2. The summed E-state index contributed by atoms with van der Waals surface area (Å²) in [5, 5.41) is 0. The van der Waals surface area contributed by atoms with Crippen LogP contribution in [0.1, 0.15) is 23.6 Å². The Labute approximate surface area is 178 Å². The molecule has 30 heavy (non-hydrogen) atoms. The van der Waals surface area contributed by atoms with Crippen LogP contribution in [0.3, 0.4) is 0 Å². The molecule has 0 aliphatic rings. The van der Waals surface area contributed by atoms with Crippen LogP contribution >= 0.6 is 0 Å². The predicted molar refractivity (Wildman–Crippen MR) is 120 cm³/mol. The van der Waals surface area contributed by atoms with Gasteiger partial charge in [0.1, 0.15) is 0 Å². The molecule has 0 aliphatic heterocycles. The number of benzene rings is 3. The van der Waals surface area contributed by atoms with Crippen molar-refractivity contribution in [3.8, 4) is 11.5 Å². The van der Waals surface area contributed by atoms with Crippen molar-refractivity contribution in [1.82, 2.24) is 4.90 Å². The van der Waals surface area contributed by atoms with Crippen molar-refractivity contribution in [1.29, 1.82) is 0 Å². The van der Waals surface area contributed by atoms with Gasteiger partial charge in [0, 0.05) is 18.7 Å². The Morgan fingerprint density at radius 1 is 0.800 bits per heavy atom. The van der Waals surface area contributed by atoms with Gasteiger partial charge < -0.3 is 14.4 Å². The topological polar surface area (TPSA) is 38.8 Å². The zero-order valence-electron chi connectivity index (χ0n) is 17.7. The molecule has 3 aromatic carbocycles. The van der Waals surface area contributed by atoms with Gasteiger partial charge in [0.2, 0.25) is 5.91 Å². The van der Waals surface area contributed by atoms with Gasteiger partial charge in [-0.1, -0.05) is 66.7 Å². The molecule has 0 aliphatic carbocycles. The Morgan fingerprint density at radius 3 is 1.83 bits per heavy atom. The molecule has 4 nitrogen and oxygen atoms in total. The van der Waals surface area contributed by atoms with Gasteiger partial charge in [-0.05, 0) is 41.8 Å². The van der Waals surface area contributed by atoms with Gasteiger partial charge in [-0.25, -0.2) is 0 Å². The lowest BCUT2D eigenvalue weighted by molar-refractivity contribution is -0.128. The van der Waals surface area contributed by atoms with E-state index in [1.807, 2.05) is 96.8 Å². The largest absolute Gasteiger partial charge is 0.493 e. The quantitative estimate of drug-likeness (QED) is 0.479. The highest BCUT2D eigenvalue weighted by molar-refractivity contribution is 5.97. The Kier molecular flexibility index (Phi) is 7.28. The molecule has 0 atom stereocenters. The average Bonchev–Trinajstić information content (AvgIpc) is 2.79. The smallest absolute Gasteiger partial charge is 0.250 e. The maximum atomic E-state index is 13.3. The molecule has 0 N–H and O–H groups in total. The summed E-state index contributed by atoms with van der Waals surface area (Å²) in [7, 11) is 3.21. The van der Waals surface area contributed by atoms with E-state index in [2.05, 4.69) is 0 Å². The minimum absolute atomic E-state index is 0.00232. The second-order valence-corrected chi connectivity index (χ2v) is 7.07. The third-order valence-corrected chi connectivity index (χ3v) is 4.85. The zero-order valence-corrected chi connectivity index (χ0v) is 17.7. The van der Waals surface area contributed by atoms with Gasteiger partial charge in [0.25, 0.3) is 0 Å². The SMILES string of the molecule is COc1ccc(/C=C(\C)C(=O)N(Cc2ccccc2)Cc2ccccc2)cc1OC. The summed E-state index contributed by atoms with van der Waals surface area (Å²) < 4.78 is 10.7. The molecule has 0 heterocycles. The molecule has 0 saturated heterocycles. The Balaban J connectivity index is 1.86. The summed E-state index contributed by atoms with van der Waals surface area (Å²) in [5.74, 6) is 1.29. The summed E-state index contributed by atoms with van der Waals surface area (Å²) in [5.41, 5.74) is 3.74. The summed E-state index contributed by atoms with van der Waals surface area (Å²) in [4.78, 5) is 15.2. The average molecular weight is 402 g/mol. The minimum atomic E-state index is -0.00232. The molecule has 0 bridgehead atoms. The van der Waals surface area contributed by atoms with E-state index in [0.717, 1.165) is 16.7 Å². The number of hydrogen-bond donors (Lipinski definition) is 0. The molecule has 3 aromatic rings. The highest BCUT2D eigenvalue weighted by atomic mass is 16.5. The van der Waals surface area contributed by atoms with Crippen LogP contribution in [0, 0.1) is 0 Å². The van der Waals surface area contributed by atoms with Crippen molar-refractivity contribution >= 4 is 12.0 Å². The first-order valence-electron chi connectivity index (χ1n) is 9.88. The number of ether oxygens (including phenoxy) is 2. The van der Waals surface area contributed by atoms with E-state index < -0.39 is 0 Å². The van der Waals surface area contributed by atoms with Crippen LogP contribution < -0.4 is 9.47 Å². The Bertz CT molecular complexity index is 956. The van der Waals surface area contributed by atoms with Gasteiger partial charge in [0.05, 0.1) is 14.2 Å². The summed E-state index contributed by atoms with van der Waals surface area (Å²) in [6, 6.07) is 25.7. The fourth-order valence-corrected chi connectivity index (χ4v) is 3.31. The van der Waals surface area contributed by atoms with E-state index in [4.69, 9.17) is 9.47 Å². The van der Waals surface area contributed by atoms with Gasteiger partial charge in [-0.15, -0.1) is 0 Å². The van der Waals surface area contributed by atoms with Gasteiger partial charge in [-0.3, -0.25) is 4.79 Å². The number of amides is 1. The standard InChI is InChI=1S/C26H27NO3/c1-20(16-23-14-15-24(29-2)25(17-23)30-3)26(28)27(18-21-10-6-4-7-11-21)19-22-12-8-5-9-13-22/h4-17H,18-19H2,1-3H3/b20-16+. The molecule has 4 heteroatoms. The maximum Gasteiger partial charge on any atom is 0.250 e. The number of rotatable bonds is 8. The molecule has 154 valence electrons. The van der Waals surface area contributed by atoms with Crippen LogP contribution in [0.4, 0.5) is 0 Å². The van der Waals surface area contributed by atoms with Crippen molar-refractivity contribution in [2.24, 2.45) is 0 Å². The number of carbonyl (C=O) groups excluding carboxylic acids is 1. The lowest BCUT2D eigenvalue weighted by atomic mass is 10.1. The second-order valence-electron chi connectivity index (χ2n) is 7.07. The van der Waals surface area contributed by atoms with Crippen LogP contribution in [-0.4, -0.2) is 25.0 Å². The molecule has 3 rings (SSSR count). The molecular weight excluding hydrogens is 374 g/mol. The van der Waals surface area contributed by atoms with Crippen LogP contribution in [-0.2, 0) is 17.9 Å². The maximum absolute atomic E-state index is 13.3. The van der Waals surface area contributed by atoms with Crippen LogP contribution in [0.15, 0.2) is 84.4 Å². The molecule has 1 amide bonds. The van der Waals surface area contributed by atoms with E-state index in [0.29, 0.717) is 30.2 Å². The first-order valence-corrected chi connectivity index (χ1v) is 9.88. The first kappa shape index (κ1) is 21.2. The van der Waals surface area contributed by atoms with Crippen LogP contribution in [0.25, 0.3) is 6.08 Å². The van der Waals surface area contributed by atoms with Gasteiger partial charge in [-0.2, -0.15) is 0 Å². The molecule has 0 saturated carbocycles. The Hall–Kier alpha value is -3.53. The minimum Gasteiger partial charge on any atom is -0.493 e. The van der Waals surface area contributed by atoms with Crippen molar-refractivity contribution in [2.75, 3.05) is 14.2 Å². The first-order chi connectivity index (χ1) is 14.6. The third-order valence-electron chi connectivity index (χ3n) is 4.85. The molecular formula is C26H27NO3. The van der Waals surface area contributed by atoms with E-state index in [1.165, 1.54) is 0 Å². The van der Waals surface area contributed by atoms with Crippen molar-refractivity contribution in [3.05, 3.63) is 101 Å². The number of hydrogen-bond acceptors (Lipinski definition) is 3. The number of nitrogens with zero attached hydrogens (tertiary/aromatic N) is 1. The number of carbonyl (C=O) groups is 1. The lowest BCUT2D eigenvalue weighted by Crippen LogP contribution is -2.30. The van der Waals surface area contributed by atoms with Crippen molar-refractivity contribution < 1.29 is 14.3 Å². The summed E-state index contributed by atoms with van der Waals surface area (Å²) >= 11 is 0. The van der Waals surface area contributed by atoms with Crippen LogP contribution in [0.5, 0.6) is 11.5 Å². The molecule has 0 unspecified atom stereocenters. The second kappa shape index (κ2) is 10.3. The van der Waals surface area contributed by atoms with Crippen molar-refractivity contribution in [3.63, 3.8) is 0 Å². The normalized spacial score (nSPS) is 11.1. The van der Waals surface area contributed by atoms with E-state index in [-0.39, 0.29) is 5.91 Å². The van der Waals surface area contributed by atoms with Crippen molar-refractivity contribution in [2.45, 2.75) is 20.0 Å².